The number of hydrogen-bond donors (Lipinski definition) is 6. The first-order chi connectivity index (χ1) is 12.7. The van der Waals surface area contributed by atoms with E-state index >= 15 is 0 Å². The molecule has 0 spiro atoms. The van der Waals surface area contributed by atoms with E-state index in [0.29, 0.717) is 31.6 Å². The largest absolute Gasteiger partial charge is 0.480 e. The molecule has 0 saturated carbocycles. The molecule has 0 aliphatic carbocycles. The summed E-state index contributed by atoms with van der Waals surface area (Å²) in [4.78, 5) is 46.9. The van der Waals surface area contributed by atoms with E-state index in [1.54, 1.807) is 0 Å². The third-order valence-electron chi connectivity index (χ3n) is 3.72. The van der Waals surface area contributed by atoms with E-state index < -0.39 is 48.4 Å². The Bertz CT molecular complexity index is 506. The molecule has 0 aliphatic rings. The number of carboxylic acids is 1. The molecule has 3 amide bonds. The van der Waals surface area contributed by atoms with Gasteiger partial charge in [0.2, 0.25) is 17.7 Å². The second-order valence-electron chi connectivity index (χ2n) is 6.08. The molecule has 0 bridgehead atoms. The SMILES string of the molecule is CSCCC(NC(=O)C(N)CCCCN)C(=O)NC(C)C(=O)NCC(=O)O. The predicted molar refractivity (Wildman–Crippen MR) is 104 cm³/mol. The summed E-state index contributed by atoms with van der Waals surface area (Å²) in [6.07, 6.45) is 4.19. The van der Waals surface area contributed by atoms with Crippen LogP contribution in [0.25, 0.3) is 0 Å². The van der Waals surface area contributed by atoms with Gasteiger partial charge in [-0.3, -0.25) is 19.2 Å². The second kappa shape index (κ2) is 14.2. The van der Waals surface area contributed by atoms with Crippen LogP contribution in [0.4, 0.5) is 0 Å². The number of carboxylic acid groups (broad SMARTS) is 1. The van der Waals surface area contributed by atoms with E-state index in [1.165, 1.54) is 18.7 Å². The fourth-order valence-corrected chi connectivity index (χ4v) is 2.59. The van der Waals surface area contributed by atoms with Crippen molar-refractivity contribution in [3.05, 3.63) is 0 Å². The Morgan fingerprint density at radius 3 is 2.26 bits per heavy atom. The Hall–Kier alpha value is -1.85. The van der Waals surface area contributed by atoms with Crippen LogP contribution in [0.5, 0.6) is 0 Å². The number of nitrogens with two attached hydrogens (primary N) is 2. The number of carbonyl (C=O) groups is 4. The first kappa shape index (κ1) is 25.1. The van der Waals surface area contributed by atoms with E-state index in [9.17, 15) is 19.2 Å². The molecule has 8 N–H and O–H groups in total. The summed E-state index contributed by atoms with van der Waals surface area (Å²) in [6.45, 7) is 1.42. The zero-order valence-corrected chi connectivity index (χ0v) is 16.6. The normalized spacial score (nSPS) is 13.9. The fourth-order valence-electron chi connectivity index (χ4n) is 2.12. The quantitative estimate of drug-likeness (QED) is 0.187. The van der Waals surface area contributed by atoms with Gasteiger partial charge in [-0.15, -0.1) is 0 Å². The predicted octanol–water partition coefficient (Wildman–Crippen LogP) is -1.61. The Morgan fingerprint density at radius 1 is 1.04 bits per heavy atom. The highest BCUT2D eigenvalue weighted by molar-refractivity contribution is 7.98. The minimum Gasteiger partial charge on any atom is -0.480 e. The summed E-state index contributed by atoms with van der Waals surface area (Å²) in [7, 11) is 0. The molecule has 156 valence electrons. The van der Waals surface area contributed by atoms with Crippen LogP contribution in [-0.2, 0) is 19.2 Å². The van der Waals surface area contributed by atoms with Crippen molar-refractivity contribution in [2.45, 2.75) is 50.7 Å². The van der Waals surface area contributed by atoms with Gasteiger partial charge in [-0.2, -0.15) is 11.8 Å². The molecule has 0 saturated heterocycles. The van der Waals surface area contributed by atoms with Crippen molar-refractivity contribution in [3.63, 3.8) is 0 Å². The topological polar surface area (TPSA) is 177 Å². The molecule has 0 aromatic rings. The maximum absolute atomic E-state index is 12.4. The number of thioether (sulfide) groups is 1. The van der Waals surface area contributed by atoms with Crippen molar-refractivity contribution in [2.24, 2.45) is 11.5 Å². The molecule has 11 heteroatoms. The van der Waals surface area contributed by atoms with Gasteiger partial charge >= 0.3 is 5.97 Å². The van der Waals surface area contributed by atoms with Gasteiger partial charge in [0.05, 0.1) is 6.04 Å². The summed E-state index contributed by atoms with van der Waals surface area (Å²) in [6, 6.07) is -2.51. The lowest BCUT2D eigenvalue weighted by atomic mass is 10.1. The van der Waals surface area contributed by atoms with Crippen molar-refractivity contribution in [3.8, 4) is 0 Å². The van der Waals surface area contributed by atoms with Crippen LogP contribution in [-0.4, -0.2) is 72.0 Å². The first-order valence-corrected chi connectivity index (χ1v) is 10.2. The van der Waals surface area contributed by atoms with Gasteiger partial charge in [0.25, 0.3) is 0 Å². The molecule has 0 heterocycles. The van der Waals surface area contributed by atoms with Gasteiger partial charge in [-0.05, 0) is 44.7 Å². The van der Waals surface area contributed by atoms with Crippen molar-refractivity contribution in [1.82, 2.24) is 16.0 Å². The number of hydrogen-bond acceptors (Lipinski definition) is 7. The van der Waals surface area contributed by atoms with Gasteiger partial charge in [-0.1, -0.05) is 6.42 Å². The highest BCUT2D eigenvalue weighted by atomic mass is 32.2. The first-order valence-electron chi connectivity index (χ1n) is 8.77. The van der Waals surface area contributed by atoms with Crippen LogP contribution in [0.1, 0.15) is 32.6 Å². The Morgan fingerprint density at radius 2 is 1.70 bits per heavy atom. The zero-order chi connectivity index (χ0) is 20.8. The number of rotatable bonds is 14. The summed E-state index contributed by atoms with van der Waals surface area (Å²) < 4.78 is 0. The van der Waals surface area contributed by atoms with Crippen molar-refractivity contribution in [2.75, 3.05) is 25.1 Å². The van der Waals surface area contributed by atoms with E-state index in [0.717, 1.165) is 6.42 Å². The molecule has 0 aromatic carbocycles. The third kappa shape index (κ3) is 11.5. The number of amides is 3. The van der Waals surface area contributed by atoms with Gasteiger partial charge < -0.3 is 32.5 Å². The lowest BCUT2D eigenvalue weighted by Crippen LogP contribution is -2.55. The molecule has 0 aromatic heterocycles. The summed E-state index contributed by atoms with van der Waals surface area (Å²) in [5, 5.41) is 15.9. The van der Waals surface area contributed by atoms with E-state index in [4.69, 9.17) is 16.6 Å². The molecule has 10 nitrogen and oxygen atoms in total. The molecule has 0 radical (unpaired) electrons. The fraction of sp³-hybridized carbons (Fsp3) is 0.750. The van der Waals surface area contributed by atoms with Crippen LogP contribution in [0.15, 0.2) is 0 Å². The van der Waals surface area contributed by atoms with Crippen molar-refractivity contribution >= 4 is 35.5 Å². The number of unbranched alkanes of at least 4 members (excludes halogenated alkanes) is 1. The molecule has 27 heavy (non-hydrogen) atoms. The minimum atomic E-state index is -1.18. The lowest BCUT2D eigenvalue weighted by molar-refractivity contribution is -0.138. The van der Waals surface area contributed by atoms with Gasteiger partial charge in [0, 0.05) is 0 Å². The highest BCUT2D eigenvalue weighted by Gasteiger charge is 2.26. The second-order valence-corrected chi connectivity index (χ2v) is 7.06. The molecule has 0 fully saturated rings. The number of aliphatic carboxylic acids is 1. The lowest BCUT2D eigenvalue weighted by Gasteiger charge is -2.22. The summed E-state index contributed by atoms with van der Waals surface area (Å²) >= 11 is 1.52. The summed E-state index contributed by atoms with van der Waals surface area (Å²) in [5.41, 5.74) is 11.3. The van der Waals surface area contributed by atoms with Crippen LogP contribution in [0.2, 0.25) is 0 Å². The average Bonchev–Trinajstić information content (AvgIpc) is 2.62. The summed E-state index contributed by atoms with van der Waals surface area (Å²) in [5.74, 6) is -2.14. The van der Waals surface area contributed by atoms with Crippen molar-refractivity contribution in [1.29, 1.82) is 0 Å². The monoisotopic (exact) mass is 405 g/mol. The molecular formula is C16H31N5O5S. The minimum absolute atomic E-state index is 0.373. The highest BCUT2D eigenvalue weighted by Crippen LogP contribution is 2.04. The maximum atomic E-state index is 12.4. The number of carbonyl (C=O) groups excluding carboxylic acids is 3. The van der Waals surface area contributed by atoms with Crippen LogP contribution >= 0.6 is 11.8 Å². The van der Waals surface area contributed by atoms with E-state index in [1.807, 2.05) is 6.26 Å². The Labute approximate surface area is 163 Å². The number of nitrogens with one attached hydrogen (secondary N) is 3. The van der Waals surface area contributed by atoms with Gasteiger partial charge in [0.1, 0.15) is 18.6 Å². The molecule has 0 rings (SSSR count). The van der Waals surface area contributed by atoms with Crippen molar-refractivity contribution < 1.29 is 24.3 Å². The van der Waals surface area contributed by atoms with E-state index in [2.05, 4.69) is 16.0 Å². The maximum Gasteiger partial charge on any atom is 0.322 e. The van der Waals surface area contributed by atoms with Crippen LogP contribution in [0, 0.1) is 0 Å². The van der Waals surface area contributed by atoms with Crippen LogP contribution in [0.3, 0.4) is 0 Å². The molecule has 0 aliphatic heterocycles. The molecular weight excluding hydrogens is 374 g/mol. The van der Waals surface area contributed by atoms with E-state index in [-0.39, 0.29) is 0 Å². The molecule has 3 atom stereocenters. The smallest absolute Gasteiger partial charge is 0.322 e. The Balaban J connectivity index is 4.71. The zero-order valence-electron chi connectivity index (χ0n) is 15.8. The third-order valence-corrected chi connectivity index (χ3v) is 4.36. The van der Waals surface area contributed by atoms with Gasteiger partial charge in [0.15, 0.2) is 0 Å². The van der Waals surface area contributed by atoms with Crippen LogP contribution < -0.4 is 27.4 Å². The molecule has 3 unspecified atom stereocenters. The standard InChI is InChI=1S/C16H31N5O5S/c1-10(14(24)19-9-13(22)23)20-16(26)12(6-8-27-2)21-15(25)11(18)5-3-4-7-17/h10-12H,3-9,17-18H2,1-2H3,(H,19,24)(H,20,26)(H,21,25)(H,22,23). The Kier molecular flexibility index (Phi) is 13.3. The van der Waals surface area contributed by atoms with Gasteiger partial charge in [-0.25, -0.2) is 0 Å². The average molecular weight is 406 g/mol.